The average Bonchev–Trinajstić information content (AvgIpc) is 2.67. The van der Waals surface area contributed by atoms with E-state index < -0.39 is 0 Å². The molecule has 16 heavy (non-hydrogen) atoms. The van der Waals surface area contributed by atoms with Crippen LogP contribution in [-0.4, -0.2) is 30.9 Å². The molecule has 1 aliphatic rings. The zero-order chi connectivity index (χ0) is 11.5. The summed E-state index contributed by atoms with van der Waals surface area (Å²) in [5, 5.41) is 0. The van der Waals surface area contributed by atoms with E-state index in [2.05, 4.69) is 11.0 Å². The Hall–Kier alpha value is -1.19. The Morgan fingerprint density at radius 3 is 2.81 bits per heavy atom. The van der Waals surface area contributed by atoms with Crippen molar-refractivity contribution in [3.63, 3.8) is 0 Å². The van der Waals surface area contributed by atoms with Crippen LogP contribution in [0, 0.1) is 0 Å². The standard InChI is InChI=1S/C13H17NO2/c1-10(15)11-3-4-12-8-14(5-6-16-2)9-13(12)7-11/h3-4,7H,5-6,8-9H2,1-2H3. The summed E-state index contributed by atoms with van der Waals surface area (Å²) < 4.78 is 5.07. The highest BCUT2D eigenvalue weighted by Crippen LogP contribution is 2.23. The van der Waals surface area contributed by atoms with Gasteiger partial charge in [0.05, 0.1) is 6.61 Å². The van der Waals surface area contributed by atoms with Gasteiger partial charge in [-0.1, -0.05) is 12.1 Å². The number of ether oxygens (including phenoxy) is 1. The first-order valence-electron chi connectivity index (χ1n) is 5.54. The topological polar surface area (TPSA) is 29.5 Å². The second kappa shape index (κ2) is 4.76. The number of benzene rings is 1. The Morgan fingerprint density at radius 2 is 2.12 bits per heavy atom. The van der Waals surface area contributed by atoms with Crippen LogP contribution < -0.4 is 0 Å². The van der Waals surface area contributed by atoms with Crippen LogP contribution in [0.15, 0.2) is 18.2 Å². The normalized spacial score (nSPS) is 15.1. The van der Waals surface area contributed by atoms with Crippen molar-refractivity contribution < 1.29 is 9.53 Å². The number of carbonyl (C=O) groups excluding carboxylic acids is 1. The lowest BCUT2D eigenvalue weighted by Gasteiger charge is -2.13. The number of carbonyl (C=O) groups is 1. The van der Waals surface area contributed by atoms with E-state index in [1.807, 2.05) is 12.1 Å². The summed E-state index contributed by atoms with van der Waals surface area (Å²) in [5.41, 5.74) is 3.43. The van der Waals surface area contributed by atoms with E-state index in [0.717, 1.165) is 31.8 Å². The van der Waals surface area contributed by atoms with Crippen LogP contribution in [0.1, 0.15) is 28.4 Å². The van der Waals surface area contributed by atoms with Crippen LogP contribution in [-0.2, 0) is 17.8 Å². The fourth-order valence-corrected chi connectivity index (χ4v) is 2.06. The largest absolute Gasteiger partial charge is 0.383 e. The monoisotopic (exact) mass is 219 g/mol. The lowest BCUT2D eigenvalue weighted by molar-refractivity contribution is 0.101. The van der Waals surface area contributed by atoms with Crippen molar-refractivity contribution in [1.29, 1.82) is 0 Å². The molecule has 0 aromatic heterocycles. The van der Waals surface area contributed by atoms with E-state index >= 15 is 0 Å². The zero-order valence-electron chi connectivity index (χ0n) is 9.82. The molecule has 0 spiro atoms. The summed E-state index contributed by atoms with van der Waals surface area (Å²) in [6, 6.07) is 6.00. The fraction of sp³-hybridized carbons (Fsp3) is 0.462. The molecule has 0 amide bonds. The predicted octanol–water partition coefficient (Wildman–Crippen LogP) is 1.85. The summed E-state index contributed by atoms with van der Waals surface area (Å²) in [6.45, 7) is 5.21. The molecule has 0 N–H and O–H groups in total. The second-order valence-electron chi connectivity index (χ2n) is 4.24. The van der Waals surface area contributed by atoms with Crippen LogP contribution in [0.4, 0.5) is 0 Å². The lowest BCUT2D eigenvalue weighted by Crippen LogP contribution is -2.21. The molecule has 0 saturated heterocycles. The van der Waals surface area contributed by atoms with Gasteiger partial charge in [-0.3, -0.25) is 9.69 Å². The third kappa shape index (κ3) is 2.31. The van der Waals surface area contributed by atoms with Gasteiger partial charge in [-0.25, -0.2) is 0 Å². The molecule has 0 unspecified atom stereocenters. The summed E-state index contributed by atoms with van der Waals surface area (Å²) in [7, 11) is 1.72. The highest BCUT2D eigenvalue weighted by atomic mass is 16.5. The molecular weight excluding hydrogens is 202 g/mol. The van der Waals surface area contributed by atoms with Crippen molar-refractivity contribution in [3.05, 3.63) is 34.9 Å². The van der Waals surface area contributed by atoms with Crippen molar-refractivity contribution in [2.75, 3.05) is 20.3 Å². The Balaban J connectivity index is 2.09. The summed E-state index contributed by atoms with van der Waals surface area (Å²) in [6.07, 6.45) is 0. The van der Waals surface area contributed by atoms with Gasteiger partial charge in [0, 0.05) is 32.3 Å². The molecule has 0 saturated carbocycles. The van der Waals surface area contributed by atoms with Gasteiger partial charge in [0.15, 0.2) is 5.78 Å². The molecule has 0 aliphatic carbocycles. The minimum Gasteiger partial charge on any atom is -0.383 e. The SMILES string of the molecule is COCCN1Cc2ccc(C(C)=O)cc2C1. The minimum atomic E-state index is 0.137. The van der Waals surface area contributed by atoms with Gasteiger partial charge < -0.3 is 4.74 Å². The zero-order valence-corrected chi connectivity index (χ0v) is 9.82. The molecule has 3 nitrogen and oxygen atoms in total. The molecule has 3 heteroatoms. The Bertz CT molecular complexity index is 401. The number of nitrogens with zero attached hydrogens (tertiary/aromatic N) is 1. The molecule has 1 aromatic rings. The van der Waals surface area contributed by atoms with E-state index in [-0.39, 0.29) is 5.78 Å². The molecule has 0 fully saturated rings. The van der Waals surface area contributed by atoms with Crippen molar-refractivity contribution in [3.8, 4) is 0 Å². The predicted molar refractivity (Wildman–Crippen MR) is 62.4 cm³/mol. The van der Waals surface area contributed by atoms with Crippen LogP contribution in [0.2, 0.25) is 0 Å². The quantitative estimate of drug-likeness (QED) is 0.724. The van der Waals surface area contributed by atoms with Gasteiger partial charge in [-0.2, -0.15) is 0 Å². The number of fused-ring (bicyclic) bond motifs is 1. The lowest BCUT2D eigenvalue weighted by atomic mass is 10.0. The first-order valence-corrected chi connectivity index (χ1v) is 5.54. The summed E-state index contributed by atoms with van der Waals surface area (Å²) in [4.78, 5) is 13.6. The molecule has 0 bridgehead atoms. The molecule has 0 radical (unpaired) electrons. The number of hydrogen-bond acceptors (Lipinski definition) is 3. The van der Waals surface area contributed by atoms with Crippen molar-refractivity contribution in [1.82, 2.24) is 4.90 Å². The molecule has 2 rings (SSSR count). The van der Waals surface area contributed by atoms with Crippen molar-refractivity contribution in [2.24, 2.45) is 0 Å². The highest BCUT2D eigenvalue weighted by molar-refractivity contribution is 5.94. The van der Waals surface area contributed by atoms with E-state index in [0.29, 0.717) is 0 Å². The van der Waals surface area contributed by atoms with E-state index in [4.69, 9.17) is 4.74 Å². The Kier molecular flexibility index (Phi) is 3.36. The third-order valence-electron chi connectivity index (χ3n) is 3.01. The minimum absolute atomic E-state index is 0.137. The fourth-order valence-electron chi connectivity index (χ4n) is 2.06. The van der Waals surface area contributed by atoms with E-state index in [1.165, 1.54) is 11.1 Å². The average molecular weight is 219 g/mol. The number of hydrogen-bond donors (Lipinski definition) is 0. The smallest absolute Gasteiger partial charge is 0.159 e. The second-order valence-corrected chi connectivity index (χ2v) is 4.24. The van der Waals surface area contributed by atoms with Crippen LogP contribution in [0.5, 0.6) is 0 Å². The van der Waals surface area contributed by atoms with E-state index in [9.17, 15) is 4.79 Å². The molecule has 0 atom stereocenters. The van der Waals surface area contributed by atoms with Crippen molar-refractivity contribution in [2.45, 2.75) is 20.0 Å². The van der Waals surface area contributed by atoms with Gasteiger partial charge in [0.2, 0.25) is 0 Å². The molecular formula is C13H17NO2. The number of Topliss-reactive ketones (excluding diaryl/α,β-unsaturated/α-hetero) is 1. The first kappa shape index (κ1) is 11.3. The van der Waals surface area contributed by atoms with Gasteiger partial charge in [-0.05, 0) is 24.1 Å². The maximum atomic E-state index is 11.3. The van der Waals surface area contributed by atoms with E-state index in [1.54, 1.807) is 14.0 Å². The van der Waals surface area contributed by atoms with Crippen LogP contribution in [0.3, 0.4) is 0 Å². The highest BCUT2D eigenvalue weighted by Gasteiger charge is 2.18. The number of ketones is 1. The molecule has 86 valence electrons. The Labute approximate surface area is 96.0 Å². The molecule has 1 heterocycles. The van der Waals surface area contributed by atoms with Crippen molar-refractivity contribution >= 4 is 5.78 Å². The molecule has 1 aliphatic heterocycles. The maximum absolute atomic E-state index is 11.3. The summed E-state index contributed by atoms with van der Waals surface area (Å²) >= 11 is 0. The summed E-state index contributed by atoms with van der Waals surface area (Å²) in [5.74, 6) is 0.137. The van der Waals surface area contributed by atoms with Gasteiger partial charge >= 0.3 is 0 Å². The number of methoxy groups -OCH3 is 1. The first-order chi connectivity index (χ1) is 7.70. The van der Waals surface area contributed by atoms with Gasteiger partial charge in [0.1, 0.15) is 0 Å². The van der Waals surface area contributed by atoms with Crippen LogP contribution in [0.25, 0.3) is 0 Å². The molecule has 1 aromatic carbocycles. The third-order valence-corrected chi connectivity index (χ3v) is 3.01. The number of rotatable bonds is 4. The van der Waals surface area contributed by atoms with Gasteiger partial charge in [0.25, 0.3) is 0 Å². The van der Waals surface area contributed by atoms with Crippen LogP contribution >= 0.6 is 0 Å². The van der Waals surface area contributed by atoms with Gasteiger partial charge in [-0.15, -0.1) is 0 Å². The maximum Gasteiger partial charge on any atom is 0.159 e. The Morgan fingerprint density at radius 1 is 1.38 bits per heavy atom.